The van der Waals surface area contributed by atoms with Gasteiger partial charge < -0.3 is 25.0 Å². The smallest absolute Gasteiger partial charge is 0.404 e. The lowest BCUT2D eigenvalue weighted by Gasteiger charge is -2.36. The standard InChI is InChI=1S/C23H30N2O3.C8H9NO2/c1-2-28-23(27)18-20-8-11-21(12-9-20)24-14-16-25(17-15-24)22(26)13-10-19-6-4-3-5-7-19;9-8(10)11-6-7-4-2-1-3-5-7/h4,6-9,11-12H,2-3,5,10,13-18H2,1H3;1-5H,6H2,(H2,9,10). The molecule has 4 rings (SSSR count). The van der Waals surface area contributed by atoms with Gasteiger partial charge in [-0.25, -0.2) is 4.79 Å². The van der Waals surface area contributed by atoms with E-state index in [-0.39, 0.29) is 18.5 Å². The molecule has 1 aliphatic carbocycles. The molecule has 8 heteroatoms. The average Bonchev–Trinajstić information content (AvgIpc) is 2.97. The van der Waals surface area contributed by atoms with Crippen molar-refractivity contribution in [2.75, 3.05) is 37.7 Å². The number of rotatable bonds is 9. The Kier molecular flexibility index (Phi) is 12.1. The third kappa shape index (κ3) is 10.7. The number of hydrogen-bond acceptors (Lipinski definition) is 6. The highest BCUT2D eigenvalue weighted by molar-refractivity contribution is 5.77. The first-order chi connectivity index (χ1) is 18.9. The number of amides is 2. The van der Waals surface area contributed by atoms with Crippen LogP contribution in [0.3, 0.4) is 0 Å². The van der Waals surface area contributed by atoms with E-state index in [9.17, 15) is 14.4 Å². The van der Waals surface area contributed by atoms with Gasteiger partial charge in [0.1, 0.15) is 6.61 Å². The van der Waals surface area contributed by atoms with Crippen LogP contribution in [0.5, 0.6) is 0 Å². The SMILES string of the molecule is CCOC(=O)Cc1ccc(N2CCN(C(=O)CCC3=CCCC=C3)CC2)cc1.NC(=O)OCc1ccccc1. The van der Waals surface area contributed by atoms with E-state index in [2.05, 4.69) is 27.9 Å². The zero-order valence-corrected chi connectivity index (χ0v) is 22.7. The first kappa shape index (κ1) is 29.5. The number of nitrogens with two attached hydrogens (primary N) is 1. The average molecular weight is 534 g/mol. The molecule has 0 spiro atoms. The van der Waals surface area contributed by atoms with Gasteiger partial charge in [0, 0.05) is 38.3 Å². The molecular weight excluding hydrogens is 494 g/mol. The summed E-state index contributed by atoms with van der Waals surface area (Å²) in [6, 6.07) is 17.4. The molecule has 2 amide bonds. The second-order valence-corrected chi connectivity index (χ2v) is 9.37. The summed E-state index contributed by atoms with van der Waals surface area (Å²) >= 11 is 0. The first-order valence-corrected chi connectivity index (χ1v) is 13.5. The maximum Gasteiger partial charge on any atom is 0.404 e. The topological polar surface area (TPSA) is 102 Å². The highest BCUT2D eigenvalue weighted by Gasteiger charge is 2.21. The summed E-state index contributed by atoms with van der Waals surface area (Å²) in [6.07, 6.45) is 9.81. The molecule has 0 bridgehead atoms. The maximum atomic E-state index is 12.5. The van der Waals surface area contributed by atoms with Crippen LogP contribution in [0.1, 0.15) is 43.7 Å². The second kappa shape index (κ2) is 16.0. The molecule has 2 aromatic carbocycles. The van der Waals surface area contributed by atoms with E-state index in [0.717, 1.165) is 62.3 Å². The van der Waals surface area contributed by atoms with E-state index in [4.69, 9.17) is 10.5 Å². The fraction of sp³-hybridized carbons (Fsp3) is 0.387. The number of carbonyl (C=O) groups is 3. The quantitative estimate of drug-likeness (QED) is 0.466. The van der Waals surface area contributed by atoms with Crippen LogP contribution in [0.25, 0.3) is 0 Å². The minimum absolute atomic E-state index is 0.193. The molecule has 1 aliphatic heterocycles. The summed E-state index contributed by atoms with van der Waals surface area (Å²) in [5.74, 6) is 0.0613. The van der Waals surface area contributed by atoms with Gasteiger partial charge in [-0.3, -0.25) is 9.59 Å². The summed E-state index contributed by atoms with van der Waals surface area (Å²) in [4.78, 5) is 38.5. The summed E-state index contributed by atoms with van der Waals surface area (Å²) in [7, 11) is 0. The van der Waals surface area contributed by atoms with Crippen molar-refractivity contribution in [2.24, 2.45) is 5.73 Å². The maximum absolute atomic E-state index is 12.5. The Hall–Kier alpha value is -4.07. The molecule has 39 heavy (non-hydrogen) atoms. The van der Waals surface area contributed by atoms with Gasteiger partial charge in [-0.05, 0) is 49.4 Å². The van der Waals surface area contributed by atoms with Gasteiger partial charge in [0.25, 0.3) is 0 Å². The Bertz CT molecular complexity index is 1120. The van der Waals surface area contributed by atoms with Crippen molar-refractivity contribution in [1.29, 1.82) is 0 Å². The molecule has 0 saturated carbocycles. The van der Waals surface area contributed by atoms with E-state index < -0.39 is 6.09 Å². The van der Waals surface area contributed by atoms with Gasteiger partial charge >= 0.3 is 12.1 Å². The molecule has 2 aromatic rings. The van der Waals surface area contributed by atoms with E-state index in [1.165, 1.54) is 5.57 Å². The van der Waals surface area contributed by atoms with Gasteiger partial charge in [-0.2, -0.15) is 0 Å². The van der Waals surface area contributed by atoms with Crippen LogP contribution in [0.4, 0.5) is 10.5 Å². The third-order valence-electron chi connectivity index (χ3n) is 6.51. The Balaban J connectivity index is 0.000000320. The lowest BCUT2D eigenvalue weighted by atomic mass is 10.0. The summed E-state index contributed by atoms with van der Waals surface area (Å²) in [5, 5.41) is 0. The number of anilines is 1. The molecular formula is C31H39N3O5. The van der Waals surface area contributed by atoms with Crippen LogP contribution in [-0.4, -0.2) is 55.7 Å². The van der Waals surface area contributed by atoms with Crippen LogP contribution in [0.15, 0.2) is 78.4 Å². The number of ether oxygens (including phenoxy) is 2. The van der Waals surface area contributed by atoms with Crippen LogP contribution in [0.2, 0.25) is 0 Å². The van der Waals surface area contributed by atoms with Crippen LogP contribution in [0, 0.1) is 0 Å². The van der Waals surface area contributed by atoms with E-state index in [0.29, 0.717) is 19.4 Å². The van der Waals surface area contributed by atoms with Crippen molar-refractivity contribution < 1.29 is 23.9 Å². The minimum atomic E-state index is -0.742. The van der Waals surface area contributed by atoms with Crippen molar-refractivity contribution in [1.82, 2.24) is 4.90 Å². The molecule has 2 aliphatic rings. The predicted octanol–water partition coefficient (Wildman–Crippen LogP) is 4.78. The number of benzene rings is 2. The van der Waals surface area contributed by atoms with Gasteiger partial charge in [0.15, 0.2) is 0 Å². The number of hydrogen-bond donors (Lipinski definition) is 1. The molecule has 1 fully saturated rings. The van der Waals surface area contributed by atoms with E-state index in [1.807, 2.05) is 66.4 Å². The zero-order chi connectivity index (χ0) is 27.9. The monoisotopic (exact) mass is 533 g/mol. The number of nitrogens with zero attached hydrogens (tertiary/aromatic N) is 2. The Morgan fingerprint density at radius 3 is 2.21 bits per heavy atom. The fourth-order valence-electron chi connectivity index (χ4n) is 4.41. The normalized spacial score (nSPS) is 14.5. The van der Waals surface area contributed by atoms with Gasteiger partial charge in [0.05, 0.1) is 13.0 Å². The van der Waals surface area contributed by atoms with Crippen molar-refractivity contribution in [3.8, 4) is 0 Å². The van der Waals surface area contributed by atoms with Crippen LogP contribution >= 0.6 is 0 Å². The van der Waals surface area contributed by atoms with Crippen LogP contribution < -0.4 is 10.6 Å². The molecule has 0 atom stereocenters. The highest BCUT2D eigenvalue weighted by atomic mass is 16.5. The summed E-state index contributed by atoms with van der Waals surface area (Å²) in [5.41, 5.74) is 9.10. The Labute approximate surface area is 231 Å². The van der Waals surface area contributed by atoms with Crippen molar-refractivity contribution in [2.45, 2.75) is 45.6 Å². The molecule has 208 valence electrons. The molecule has 0 unspecified atom stereocenters. The number of primary amides is 1. The molecule has 0 radical (unpaired) electrons. The first-order valence-electron chi connectivity index (χ1n) is 13.5. The zero-order valence-electron chi connectivity index (χ0n) is 22.7. The van der Waals surface area contributed by atoms with E-state index in [1.54, 1.807) is 0 Å². The van der Waals surface area contributed by atoms with Crippen molar-refractivity contribution in [3.05, 3.63) is 89.5 Å². The summed E-state index contributed by atoms with van der Waals surface area (Å²) < 4.78 is 9.56. The van der Waals surface area contributed by atoms with Crippen LogP contribution in [-0.2, 0) is 32.1 Å². The van der Waals surface area contributed by atoms with Gasteiger partial charge in [-0.15, -0.1) is 0 Å². The number of esters is 1. The Morgan fingerprint density at radius 1 is 0.872 bits per heavy atom. The molecule has 1 heterocycles. The third-order valence-corrected chi connectivity index (χ3v) is 6.51. The van der Waals surface area contributed by atoms with E-state index >= 15 is 0 Å². The number of piperazine rings is 1. The molecule has 1 saturated heterocycles. The van der Waals surface area contributed by atoms with Gasteiger partial charge in [0.2, 0.25) is 5.91 Å². The fourth-order valence-corrected chi connectivity index (χ4v) is 4.41. The second-order valence-electron chi connectivity index (χ2n) is 9.37. The number of allylic oxidation sites excluding steroid dienone is 4. The summed E-state index contributed by atoms with van der Waals surface area (Å²) in [6.45, 7) is 5.67. The Morgan fingerprint density at radius 2 is 1.59 bits per heavy atom. The largest absolute Gasteiger partial charge is 0.466 e. The molecule has 2 N–H and O–H groups in total. The number of carbonyl (C=O) groups excluding carboxylic acids is 3. The minimum Gasteiger partial charge on any atom is -0.466 e. The molecule has 0 aromatic heterocycles. The van der Waals surface area contributed by atoms with Crippen molar-refractivity contribution in [3.63, 3.8) is 0 Å². The van der Waals surface area contributed by atoms with Gasteiger partial charge in [-0.1, -0.05) is 66.3 Å². The lowest BCUT2D eigenvalue weighted by molar-refractivity contribution is -0.142. The van der Waals surface area contributed by atoms with Crippen molar-refractivity contribution >= 4 is 23.7 Å². The molecule has 8 nitrogen and oxygen atoms in total. The predicted molar refractivity (Wildman–Crippen MR) is 152 cm³/mol. The highest BCUT2D eigenvalue weighted by Crippen LogP contribution is 2.20. The lowest BCUT2D eigenvalue weighted by Crippen LogP contribution is -2.48.